The second-order valence-electron chi connectivity index (χ2n) is 2.90. The molecule has 0 radical (unpaired) electrons. The quantitative estimate of drug-likeness (QED) is 0.561. The van der Waals surface area contributed by atoms with Crippen molar-refractivity contribution >= 4 is 10.1 Å². The molecule has 0 aromatic carbocycles. The van der Waals surface area contributed by atoms with Crippen molar-refractivity contribution in [3.05, 3.63) is 30.1 Å². The van der Waals surface area contributed by atoms with Crippen LogP contribution in [0.3, 0.4) is 0 Å². The van der Waals surface area contributed by atoms with Gasteiger partial charge in [0, 0.05) is 12.1 Å². The van der Waals surface area contributed by atoms with Crippen molar-refractivity contribution in [2.75, 3.05) is 5.75 Å². The zero-order valence-corrected chi connectivity index (χ0v) is 8.16. The van der Waals surface area contributed by atoms with Crippen molar-refractivity contribution in [1.29, 1.82) is 0 Å². The summed E-state index contributed by atoms with van der Waals surface area (Å²) in [6, 6.07) is 3.76. The Morgan fingerprint density at radius 1 is 1.38 bits per heavy atom. The molecule has 0 saturated carbocycles. The van der Waals surface area contributed by atoms with Gasteiger partial charge in [-0.05, 0) is 12.5 Å². The van der Waals surface area contributed by atoms with E-state index in [0.29, 0.717) is 0 Å². The fraction of sp³-hybridized carbons (Fsp3) is 0.375. The van der Waals surface area contributed by atoms with Gasteiger partial charge in [0.15, 0.2) is 18.9 Å². The van der Waals surface area contributed by atoms with E-state index in [0.717, 1.165) is 5.56 Å². The molecule has 0 spiro atoms. The summed E-state index contributed by atoms with van der Waals surface area (Å²) in [4.78, 5) is 0. The highest BCUT2D eigenvalue weighted by Crippen LogP contribution is 1.90. The molecular weight excluding hydrogens is 190 g/mol. The fourth-order valence-corrected chi connectivity index (χ4v) is 1.34. The van der Waals surface area contributed by atoms with Crippen LogP contribution in [0.4, 0.5) is 0 Å². The maximum absolute atomic E-state index is 10.4. The molecular formula is C8H12NO3S+. The summed E-state index contributed by atoms with van der Waals surface area (Å²) in [7, 11) is -3.85. The number of aromatic nitrogens is 1. The molecule has 0 fully saturated rings. The highest BCUT2D eigenvalue weighted by molar-refractivity contribution is 7.85. The first-order valence-electron chi connectivity index (χ1n) is 3.88. The minimum atomic E-state index is -3.85. The number of pyridine rings is 1. The van der Waals surface area contributed by atoms with Crippen LogP contribution in [0.1, 0.15) is 5.56 Å². The van der Waals surface area contributed by atoms with E-state index in [4.69, 9.17) is 4.55 Å². The Hall–Kier alpha value is -0.940. The van der Waals surface area contributed by atoms with Gasteiger partial charge in [-0.3, -0.25) is 4.55 Å². The normalized spacial score (nSPS) is 11.5. The van der Waals surface area contributed by atoms with E-state index in [1.54, 1.807) is 17.0 Å². The van der Waals surface area contributed by atoms with Crippen LogP contribution in [0.15, 0.2) is 24.5 Å². The molecule has 0 unspecified atom stereocenters. The Bertz CT molecular complexity index is 369. The van der Waals surface area contributed by atoms with Gasteiger partial charge >= 0.3 is 0 Å². The van der Waals surface area contributed by atoms with Gasteiger partial charge in [-0.25, -0.2) is 4.57 Å². The average molecular weight is 202 g/mol. The molecule has 0 bridgehead atoms. The SMILES string of the molecule is Cc1cc[n+](CCS(=O)(=O)O)cc1. The van der Waals surface area contributed by atoms with Crippen LogP contribution < -0.4 is 4.57 Å². The van der Waals surface area contributed by atoms with Gasteiger partial charge in [-0.15, -0.1) is 0 Å². The molecule has 1 aromatic heterocycles. The first kappa shape index (κ1) is 10.1. The third-order valence-electron chi connectivity index (χ3n) is 1.67. The smallest absolute Gasteiger partial charge is 0.271 e. The molecule has 5 heteroatoms. The maximum Gasteiger partial charge on any atom is 0.271 e. The predicted octanol–water partition coefficient (Wildman–Crippen LogP) is 0.170. The summed E-state index contributed by atoms with van der Waals surface area (Å²) in [6.45, 7) is 2.23. The van der Waals surface area contributed by atoms with E-state index >= 15 is 0 Å². The van der Waals surface area contributed by atoms with Gasteiger partial charge in [0.05, 0.1) is 0 Å². The zero-order valence-electron chi connectivity index (χ0n) is 7.34. The minimum Gasteiger partial charge on any atom is -0.285 e. The summed E-state index contributed by atoms with van der Waals surface area (Å²) in [6.07, 6.45) is 3.56. The topological polar surface area (TPSA) is 58.2 Å². The number of hydrogen-bond donors (Lipinski definition) is 1. The Morgan fingerprint density at radius 3 is 2.38 bits per heavy atom. The van der Waals surface area contributed by atoms with E-state index in [-0.39, 0.29) is 12.3 Å². The van der Waals surface area contributed by atoms with Crippen LogP contribution in [0, 0.1) is 6.92 Å². The van der Waals surface area contributed by atoms with Crippen molar-refractivity contribution in [2.24, 2.45) is 0 Å². The van der Waals surface area contributed by atoms with E-state index in [1.807, 2.05) is 19.1 Å². The molecule has 0 atom stereocenters. The van der Waals surface area contributed by atoms with E-state index in [2.05, 4.69) is 0 Å². The predicted molar refractivity (Wildman–Crippen MR) is 47.8 cm³/mol. The first-order valence-corrected chi connectivity index (χ1v) is 5.49. The lowest BCUT2D eigenvalue weighted by molar-refractivity contribution is -0.692. The third-order valence-corrected chi connectivity index (χ3v) is 2.36. The molecule has 0 amide bonds. The average Bonchev–Trinajstić information content (AvgIpc) is 2.02. The second-order valence-corrected chi connectivity index (χ2v) is 4.47. The summed E-state index contributed by atoms with van der Waals surface area (Å²) < 4.78 is 31.0. The van der Waals surface area contributed by atoms with Crippen LogP contribution >= 0.6 is 0 Å². The Morgan fingerprint density at radius 2 is 1.92 bits per heavy atom. The van der Waals surface area contributed by atoms with Crippen LogP contribution in [0.25, 0.3) is 0 Å². The van der Waals surface area contributed by atoms with Gasteiger partial charge in [0.2, 0.25) is 0 Å². The molecule has 4 nitrogen and oxygen atoms in total. The molecule has 13 heavy (non-hydrogen) atoms. The van der Waals surface area contributed by atoms with E-state index < -0.39 is 10.1 Å². The van der Waals surface area contributed by atoms with Crippen molar-refractivity contribution in [3.63, 3.8) is 0 Å². The van der Waals surface area contributed by atoms with Crippen LogP contribution in [-0.4, -0.2) is 18.7 Å². The molecule has 0 aliphatic carbocycles. The van der Waals surface area contributed by atoms with Crippen molar-refractivity contribution in [2.45, 2.75) is 13.5 Å². The van der Waals surface area contributed by atoms with Crippen molar-refractivity contribution < 1.29 is 17.5 Å². The number of nitrogens with zero attached hydrogens (tertiary/aromatic N) is 1. The Labute approximate surface area is 77.6 Å². The zero-order chi connectivity index (χ0) is 9.90. The first-order chi connectivity index (χ1) is 5.97. The summed E-state index contributed by atoms with van der Waals surface area (Å²) in [5, 5.41) is 0. The molecule has 72 valence electrons. The van der Waals surface area contributed by atoms with Gasteiger partial charge in [0.25, 0.3) is 10.1 Å². The monoisotopic (exact) mass is 202 g/mol. The Kier molecular flexibility index (Phi) is 3.00. The summed E-state index contributed by atoms with van der Waals surface area (Å²) in [5.74, 6) is -0.249. The van der Waals surface area contributed by atoms with E-state index in [9.17, 15) is 8.42 Å². The molecule has 1 rings (SSSR count). The van der Waals surface area contributed by atoms with Crippen LogP contribution in [0.5, 0.6) is 0 Å². The molecule has 0 saturated heterocycles. The van der Waals surface area contributed by atoms with Gasteiger partial charge in [-0.1, -0.05) is 0 Å². The van der Waals surface area contributed by atoms with Gasteiger partial charge in [0.1, 0.15) is 5.75 Å². The van der Waals surface area contributed by atoms with Crippen molar-refractivity contribution in [1.82, 2.24) is 0 Å². The minimum absolute atomic E-state index is 0.249. The number of aryl methyl sites for hydroxylation is 2. The molecule has 1 aromatic rings. The lowest BCUT2D eigenvalue weighted by Crippen LogP contribution is -2.36. The highest BCUT2D eigenvalue weighted by Gasteiger charge is 2.08. The second kappa shape index (κ2) is 3.85. The molecule has 0 aliphatic rings. The lowest BCUT2D eigenvalue weighted by Gasteiger charge is -1.95. The lowest BCUT2D eigenvalue weighted by atomic mass is 10.3. The summed E-state index contributed by atoms with van der Waals surface area (Å²) in [5.41, 5.74) is 1.11. The van der Waals surface area contributed by atoms with Crippen LogP contribution in [-0.2, 0) is 16.7 Å². The third kappa shape index (κ3) is 4.00. The summed E-state index contributed by atoms with van der Waals surface area (Å²) >= 11 is 0. The fourth-order valence-electron chi connectivity index (χ4n) is 0.902. The molecule has 0 aliphatic heterocycles. The van der Waals surface area contributed by atoms with Crippen molar-refractivity contribution in [3.8, 4) is 0 Å². The largest absolute Gasteiger partial charge is 0.285 e. The van der Waals surface area contributed by atoms with Crippen LogP contribution in [0.2, 0.25) is 0 Å². The highest BCUT2D eigenvalue weighted by atomic mass is 32.2. The maximum atomic E-state index is 10.4. The standard InChI is InChI=1S/C8H11NO3S/c1-8-2-4-9(5-3-8)6-7-13(10,11)12/h2-5H,6-7H2,1H3/p+1. The number of hydrogen-bond acceptors (Lipinski definition) is 2. The number of rotatable bonds is 3. The van der Waals surface area contributed by atoms with Gasteiger partial charge in [-0.2, -0.15) is 8.42 Å². The molecule has 1 heterocycles. The van der Waals surface area contributed by atoms with E-state index in [1.165, 1.54) is 0 Å². The Balaban J connectivity index is 2.61. The molecule has 1 N–H and O–H groups in total. The van der Waals surface area contributed by atoms with Gasteiger partial charge < -0.3 is 0 Å².